The van der Waals surface area contributed by atoms with E-state index in [0.29, 0.717) is 0 Å². The highest BCUT2D eigenvalue weighted by Crippen LogP contribution is 2.16. The second-order valence-electron chi connectivity index (χ2n) is 5.07. The van der Waals surface area contributed by atoms with Crippen molar-refractivity contribution in [3.63, 3.8) is 0 Å². The first-order chi connectivity index (χ1) is 10.2. The van der Waals surface area contributed by atoms with Crippen LogP contribution in [0.5, 0.6) is 5.75 Å². The Morgan fingerprint density at radius 3 is 2.71 bits per heavy atom. The van der Waals surface area contributed by atoms with Gasteiger partial charge in [-0.1, -0.05) is 22.0 Å². The van der Waals surface area contributed by atoms with Gasteiger partial charge in [0.2, 0.25) is 0 Å². The maximum atomic E-state index is 12.2. The second-order valence-corrected chi connectivity index (χ2v) is 5.98. The number of carbonyl (C=O) groups excluding carboxylic acids is 1. The van der Waals surface area contributed by atoms with E-state index in [2.05, 4.69) is 27.4 Å². The van der Waals surface area contributed by atoms with E-state index in [1.807, 2.05) is 35.2 Å². The molecule has 0 radical (unpaired) electrons. The first-order valence-electron chi connectivity index (χ1n) is 7.18. The van der Waals surface area contributed by atoms with Gasteiger partial charge in [0.1, 0.15) is 5.75 Å². The molecule has 1 heterocycles. The minimum atomic E-state index is 0.0540. The standard InChI is InChI=1S/C16H21BrN2O2/c1-2-8-18-9-3-10-19(12-11-18)16(20)13-21-15-6-4-14(17)5-7-15/h2,4-7H,1,3,8-13H2. The lowest BCUT2D eigenvalue weighted by molar-refractivity contribution is -0.133. The molecule has 0 N–H and O–H groups in total. The van der Waals surface area contributed by atoms with Crippen molar-refractivity contribution in [3.05, 3.63) is 41.4 Å². The zero-order valence-corrected chi connectivity index (χ0v) is 13.7. The summed E-state index contributed by atoms with van der Waals surface area (Å²) in [5, 5.41) is 0. The van der Waals surface area contributed by atoms with E-state index in [-0.39, 0.29) is 12.5 Å². The lowest BCUT2D eigenvalue weighted by Crippen LogP contribution is -2.38. The average molecular weight is 353 g/mol. The molecule has 0 atom stereocenters. The molecule has 1 aliphatic rings. The maximum absolute atomic E-state index is 12.2. The van der Waals surface area contributed by atoms with Gasteiger partial charge < -0.3 is 9.64 Å². The van der Waals surface area contributed by atoms with Crippen LogP contribution in [0.2, 0.25) is 0 Å². The summed E-state index contributed by atoms with van der Waals surface area (Å²) in [6.45, 7) is 8.23. The van der Waals surface area contributed by atoms with Crippen LogP contribution in [0.15, 0.2) is 41.4 Å². The number of nitrogens with zero attached hydrogens (tertiary/aromatic N) is 2. The van der Waals surface area contributed by atoms with Crippen LogP contribution in [0.3, 0.4) is 0 Å². The Kier molecular flexibility index (Phi) is 6.26. The summed E-state index contributed by atoms with van der Waals surface area (Å²) in [6, 6.07) is 7.51. The molecule has 1 fully saturated rings. The normalized spacial score (nSPS) is 16.3. The zero-order valence-electron chi connectivity index (χ0n) is 12.1. The van der Waals surface area contributed by atoms with Crippen LogP contribution >= 0.6 is 15.9 Å². The number of carbonyl (C=O) groups is 1. The summed E-state index contributed by atoms with van der Waals surface area (Å²) in [7, 11) is 0. The van der Waals surface area contributed by atoms with Crippen LogP contribution in [-0.2, 0) is 4.79 Å². The largest absolute Gasteiger partial charge is 0.484 e. The first-order valence-corrected chi connectivity index (χ1v) is 7.98. The molecular formula is C16H21BrN2O2. The SMILES string of the molecule is C=CCN1CCCN(C(=O)COc2ccc(Br)cc2)CC1. The topological polar surface area (TPSA) is 32.8 Å². The molecule has 0 unspecified atom stereocenters. The fourth-order valence-corrected chi connectivity index (χ4v) is 2.62. The monoisotopic (exact) mass is 352 g/mol. The third kappa shape index (κ3) is 5.17. The van der Waals surface area contributed by atoms with E-state index in [1.54, 1.807) is 0 Å². The Bertz CT molecular complexity index is 476. The van der Waals surface area contributed by atoms with Crippen molar-refractivity contribution in [1.29, 1.82) is 0 Å². The number of amides is 1. The van der Waals surface area contributed by atoms with Crippen LogP contribution in [-0.4, -0.2) is 55.0 Å². The van der Waals surface area contributed by atoms with Gasteiger partial charge in [0, 0.05) is 37.2 Å². The van der Waals surface area contributed by atoms with Gasteiger partial charge in [-0.3, -0.25) is 9.69 Å². The second kappa shape index (κ2) is 8.20. The van der Waals surface area contributed by atoms with E-state index in [9.17, 15) is 4.79 Å². The molecule has 1 saturated heterocycles. The highest BCUT2D eigenvalue weighted by Gasteiger charge is 2.18. The summed E-state index contributed by atoms with van der Waals surface area (Å²) in [4.78, 5) is 16.4. The molecule has 0 saturated carbocycles. The predicted molar refractivity (Wildman–Crippen MR) is 87.5 cm³/mol. The molecule has 1 aromatic carbocycles. The van der Waals surface area contributed by atoms with E-state index in [0.717, 1.165) is 49.4 Å². The Hall–Kier alpha value is -1.33. The van der Waals surface area contributed by atoms with Gasteiger partial charge in [0.25, 0.3) is 5.91 Å². The van der Waals surface area contributed by atoms with Crippen molar-refractivity contribution < 1.29 is 9.53 Å². The highest BCUT2D eigenvalue weighted by atomic mass is 79.9. The Morgan fingerprint density at radius 2 is 2.00 bits per heavy atom. The molecule has 21 heavy (non-hydrogen) atoms. The minimum absolute atomic E-state index is 0.0540. The fraction of sp³-hybridized carbons (Fsp3) is 0.438. The predicted octanol–water partition coefficient (Wildman–Crippen LogP) is 2.55. The summed E-state index contributed by atoms with van der Waals surface area (Å²) in [5.74, 6) is 0.771. The molecule has 4 nitrogen and oxygen atoms in total. The van der Waals surface area contributed by atoms with Crippen LogP contribution < -0.4 is 4.74 Å². The van der Waals surface area contributed by atoms with E-state index in [1.165, 1.54) is 0 Å². The van der Waals surface area contributed by atoms with Gasteiger partial charge in [-0.25, -0.2) is 0 Å². The minimum Gasteiger partial charge on any atom is -0.484 e. The van der Waals surface area contributed by atoms with E-state index >= 15 is 0 Å². The molecule has 114 valence electrons. The lowest BCUT2D eigenvalue weighted by Gasteiger charge is -2.21. The van der Waals surface area contributed by atoms with Crippen molar-refractivity contribution in [2.45, 2.75) is 6.42 Å². The molecule has 0 aliphatic carbocycles. The van der Waals surface area contributed by atoms with Crippen molar-refractivity contribution in [2.24, 2.45) is 0 Å². The smallest absolute Gasteiger partial charge is 0.260 e. The Morgan fingerprint density at radius 1 is 1.24 bits per heavy atom. The van der Waals surface area contributed by atoms with Crippen LogP contribution in [0.4, 0.5) is 0 Å². The zero-order chi connectivity index (χ0) is 15.1. The van der Waals surface area contributed by atoms with Gasteiger partial charge in [-0.2, -0.15) is 0 Å². The molecule has 0 spiro atoms. The molecule has 0 bridgehead atoms. The number of hydrogen-bond acceptors (Lipinski definition) is 3. The van der Waals surface area contributed by atoms with Crippen LogP contribution in [0, 0.1) is 0 Å². The number of rotatable bonds is 5. The molecule has 1 aromatic rings. The summed E-state index contributed by atoms with van der Waals surface area (Å²) >= 11 is 3.37. The fourth-order valence-electron chi connectivity index (χ4n) is 2.35. The van der Waals surface area contributed by atoms with Crippen molar-refractivity contribution >= 4 is 21.8 Å². The van der Waals surface area contributed by atoms with Gasteiger partial charge in [0.05, 0.1) is 0 Å². The van der Waals surface area contributed by atoms with Crippen LogP contribution in [0.1, 0.15) is 6.42 Å². The van der Waals surface area contributed by atoms with Gasteiger partial charge in [-0.15, -0.1) is 6.58 Å². The van der Waals surface area contributed by atoms with Gasteiger partial charge in [0.15, 0.2) is 6.61 Å². The highest BCUT2D eigenvalue weighted by molar-refractivity contribution is 9.10. The summed E-state index contributed by atoms with van der Waals surface area (Å²) in [5.41, 5.74) is 0. The molecule has 1 amide bonds. The maximum Gasteiger partial charge on any atom is 0.260 e. The third-order valence-corrected chi connectivity index (χ3v) is 4.03. The van der Waals surface area contributed by atoms with Crippen LogP contribution in [0.25, 0.3) is 0 Å². The lowest BCUT2D eigenvalue weighted by atomic mass is 10.3. The number of hydrogen-bond donors (Lipinski definition) is 0. The van der Waals surface area contributed by atoms with Gasteiger partial charge in [-0.05, 0) is 30.7 Å². The Balaban J connectivity index is 1.80. The number of benzene rings is 1. The first kappa shape index (κ1) is 16.0. The third-order valence-electron chi connectivity index (χ3n) is 3.50. The molecule has 0 aromatic heterocycles. The van der Waals surface area contributed by atoms with Crippen molar-refractivity contribution in [3.8, 4) is 5.75 Å². The molecular weight excluding hydrogens is 332 g/mol. The van der Waals surface area contributed by atoms with E-state index < -0.39 is 0 Å². The molecule has 5 heteroatoms. The summed E-state index contributed by atoms with van der Waals surface area (Å²) < 4.78 is 6.55. The quantitative estimate of drug-likeness (QED) is 0.763. The Labute approximate surface area is 134 Å². The van der Waals surface area contributed by atoms with Crippen molar-refractivity contribution in [1.82, 2.24) is 9.80 Å². The average Bonchev–Trinajstić information content (AvgIpc) is 2.72. The molecule has 2 rings (SSSR count). The van der Waals surface area contributed by atoms with Gasteiger partial charge >= 0.3 is 0 Å². The summed E-state index contributed by atoms with van der Waals surface area (Å²) in [6.07, 6.45) is 2.91. The number of halogens is 1. The van der Waals surface area contributed by atoms with E-state index in [4.69, 9.17) is 4.74 Å². The van der Waals surface area contributed by atoms with Crippen molar-refractivity contribution in [2.75, 3.05) is 39.3 Å². The number of ether oxygens (including phenoxy) is 1. The molecule has 1 aliphatic heterocycles.